The van der Waals surface area contributed by atoms with Crippen LogP contribution in [0.15, 0.2) is 34.9 Å². The zero-order valence-corrected chi connectivity index (χ0v) is 9.72. The van der Waals surface area contributed by atoms with Crippen LogP contribution in [0.5, 0.6) is 0 Å². The lowest BCUT2D eigenvalue weighted by atomic mass is 9.95. The predicted octanol–water partition coefficient (Wildman–Crippen LogP) is 2.72. The molecule has 1 saturated heterocycles. The minimum Gasteiger partial charge on any atom is -0.464 e. The summed E-state index contributed by atoms with van der Waals surface area (Å²) in [5.74, 6) is 0.846. The molecule has 2 aliphatic rings. The Labute approximate surface area is 100 Å². The lowest BCUT2D eigenvalue weighted by molar-refractivity contribution is 0.593. The molecule has 0 amide bonds. The van der Waals surface area contributed by atoms with E-state index in [1.54, 1.807) is 0 Å². The molecule has 2 unspecified atom stereocenters. The van der Waals surface area contributed by atoms with Crippen molar-refractivity contribution in [1.82, 2.24) is 5.32 Å². The smallest absolute Gasteiger partial charge is 0.134 e. The van der Waals surface area contributed by atoms with Gasteiger partial charge in [-0.3, -0.25) is 0 Å². The van der Waals surface area contributed by atoms with Crippen LogP contribution in [0.25, 0.3) is 11.0 Å². The maximum atomic E-state index is 5.63. The molecule has 1 aliphatic heterocycles. The minimum absolute atomic E-state index is 0. The summed E-state index contributed by atoms with van der Waals surface area (Å²) in [4.78, 5) is 0. The van der Waals surface area contributed by atoms with E-state index in [1.165, 1.54) is 23.9 Å². The summed E-state index contributed by atoms with van der Waals surface area (Å²) in [7, 11) is 0. The van der Waals surface area contributed by atoms with Crippen molar-refractivity contribution in [2.45, 2.75) is 11.8 Å². The summed E-state index contributed by atoms with van der Waals surface area (Å²) in [5, 5.41) is 4.78. The molecule has 2 aromatic rings. The number of fused-ring (bicyclic) bond motifs is 2. The van der Waals surface area contributed by atoms with Gasteiger partial charge in [0.1, 0.15) is 5.58 Å². The molecule has 3 heteroatoms. The predicted molar refractivity (Wildman–Crippen MR) is 66.1 cm³/mol. The van der Waals surface area contributed by atoms with Gasteiger partial charge in [-0.05, 0) is 24.9 Å². The maximum absolute atomic E-state index is 5.63. The van der Waals surface area contributed by atoms with Crippen LogP contribution in [-0.4, -0.2) is 13.1 Å². The zero-order valence-electron chi connectivity index (χ0n) is 8.90. The van der Waals surface area contributed by atoms with Crippen LogP contribution < -0.4 is 5.32 Å². The van der Waals surface area contributed by atoms with E-state index in [2.05, 4.69) is 23.5 Å². The van der Waals surface area contributed by atoms with Crippen molar-refractivity contribution < 1.29 is 4.42 Å². The number of nitrogens with one attached hydrogen (secondary N) is 1. The van der Waals surface area contributed by atoms with Gasteiger partial charge in [-0.15, -0.1) is 12.4 Å². The van der Waals surface area contributed by atoms with Crippen molar-refractivity contribution in [3.8, 4) is 0 Å². The van der Waals surface area contributed by atoms with E-state index < -0.39 is 0 Å². The minimum atomic E-state index is 0. The standard InChI is InChI=1S/C13H13NO.ClH/c1-2-4-12-10(3-1)11(7-15-12)13-5-9(13)6-14-8-13;/h1-4,7,9,14H,5-6,8H2;1H. The molecule has 1 N–H and O–H groups in total. The number of hydrogen-bond acceptors (Lipinski definition) is 2. The Morgan fingerprint density at radius 3 is 2.94 bits per heavy atom. The molecule has 16 heavy (non-hydrogen) atoms. The van der Waals surface area contributed by atoms with Crippen molar-refractivity contribution >= 4 is 23.4 Å². The Balaban J connectivity index is 0.000000810. The number of hydrogen-bond donors (Lipinski definition) is 1. The quantitative estimate of drug-likeness (QED) is 0.822. The first-order valence-electron chi connectivity index (χ1n) is 5.58. The second-order valence-corrected chi connectivity index (χ2v) is 4.83. The van der Waals surface area contributed by atoms with Crippen molar-refractivity contribution in [3.63, 3.8) is 0 Å². The van der Waals surface area contributed by atoms with Gasteiger partial charge < -0.3 is 9.73 Å². The molecule has 0 bridgehead atoms. The number of para-hydroxylation sites is 1. The second kappa shape index (κ2) is 3.25. The fraction of sp³-hybridized carbons (Fsp3) is 0.385. The van der Waals surface area contributed by atoms with Crippen LogP contribution in [0.4, 0.5) is 0 Å². The molecule has 2 atom stereocenters. The Kier molecular flexibility index (Phi) is 2.07. The van der Waals surface area contributed by atoms with E-state index in [-0.39, 0.29) is 12.4 Å². The average Bonchev–Trinajstić information content (AvgIpc) is 2.68. The van der Waals surface area contributed by atoms with Gasteiger partial charge in [0.2, 0.25) is 0 Å². The third-order valence-corrected chi connectivity index (χ3v) is 4.08. The molecule has 2 fully saturated rings. The van der Waals surface area contributed by atoms with E-state index in [4.69, 9.17) is 4.42 Å². The van der Waals surface area contributed by atoms with E-state index in [9.17, 15) is 0 Å². The number of benzene rings is 1. The molecule has 84 valence electrons. The summed E-state index contributed by atoms with van der Waals surface area (Å²) < 4.78 is 5.63. The van der Waals surface area contributed by atoms with Gasteiger partial charge in [0, 0.05) is 22.9 Å². The molecule has 2 heterocycles. The Morgan fingerprint density at radius 1 is 1.31 bits per heavy atom. The third-order valence-electron chi connectivity index (χ3n) is 4.08. The van der Waals surface area contributed by atoms with E-state index >= 15 is 0 Å². The Bertz CT molecular complexity index is 535. The van der Waals surface area contributed by atoms with Crippen LogP contribution >= 0.6 is 12.4 Å². The first-order chi connectivity index (χ1) is 7.40. The second-order valence-electron chi connectivity index (χ2n) is 4.83. The van der Waals surface area contributed by atoms with Gasteiger partial charge in [-0.25, -0.2) is 0 Å². The van der Waals surface area contributed by atoms with Gasteiger partial charge in [0.05, 0.1) is 6.26 Å². The van der Waals surface area contributed by atoms with E-state index in [0.717, 1.165) is 18.0 Å². The van der Waals surface area contributed by atoms with Gasteiger partial charge in [0.25, 0.3) is 0 Å². The normalized spacial score (nSPS) is 31.1. The zero-order chi connectivity index (χ0) is 9.88. The molecule has 0 spiro atoms. The molecule has 1 saturated carbocycles. The van der Waals surface area contributed by atoms with Gasteiger partial charge in [-0.1, -0.05) is 18.2 Å². The maximum Gasteiger partial charge on any atom is 0.134 e. The van der Waals surface area contributed by atoms with Crippen LogP contribution in [0.2, 0.25) is 0 Å². The first kappa shape index (κ1) is 10.2. The first-order valence-corrected chi connectivity index (χ1v) is 5.58. The van der Waals surface area contributed by atoms with Crippen molar-refractivity contribution in [2.24, 2.45) is 5.92 Å². The molecule has 1 aliphatic carbocycles. The summed E-state index contributed by atoms with van der Waals surface area (Å²) in [6.07, 6.45) is 3.31. The van der Waals surface area contributed by atoms with Gasteiger partial charge in [-0.2, -0.15) is 0 Å². The van der Waals surface area contributed by atoms with Crippen LogP contribution in [0, 0.1) is 5.92 Å². The summed E-state index contributed by atoms with van der Waals surface area (Å²) in [6, 6.07) is 8.36. The molecule has 1 aromatic carbocycles. The largest absolute Gasteiger partial charge is 0.464 e. The third kappa shape index (κ3) is 1.12. The highest BCUT2D eigenvalue weighted by Gasteiger charge is 2.59. The summed E-state index contributed by atoms with van der Waals surface area (Å²) in [5.41, 5.74) is 2.86. The fourth-order valence-electron chi connectivity index (χ4n) is 3.12. The highest BCUT2D eigenvalue weighted by Crippen LogP contribution is 2.58. The lowest BCUT2D eigenvalue weighted by Gasteiger charge is -2.08. The molecular formula is C13H14ClNO. The molecule has 4 rings (SSSR count). The van der Waals surface area contributed by atoms with Crippen molar-refractivity contribution in [3.05, 3.63) is 36.1 Å². The van der Waals surface area contributed by atoms with E-state index in [0.29, 0.717) is 5.41 Å². The van der Waals surface area contributed by atoms with Crippen molar-refractivity contribution in [2.75, 3.05) is 13.1 Å². The monoisotopic (exact) mass is 235 g/mol. The van der Waals surface area contributed by atoms with Crippen molar-refractivity contribution in [1.29, 1.82) is 0 Å². The SMILES string of the molecule is Cl.c1ccc2c(C34CNCC3C4)coc2c1. The number of halogens is 1. The highest BCUT2D eigenvalue weighted by atomic mass is 35.5. The van der Waals surface area contributed by atoms with E-state index in [1.807, 2.05) is 12.3 Å². The average molecular weight is 236 g/mol. The van der Waals surface area contributed by atoms with Crippen LogP contribution in [-0.2, 0) is 5.41 Å². The molecular weight excluding hydrogens is 222 g/mol. The fourth-order valence-corrected chi connectivity index (χ4v) is 3.12. The molecule has 0 radical (unpaired) electrons. The number of rotatable bonds is 1. The Hall–Kier alpha value is -0.990. The summed E-state index contributed by atoms with van der Waals surface area (Å²) >= 11 is 0. The molecule has 1 aromatic heterocycles. The number of piperidine rings is 1. The van der Waals surface area contributed by atoms with Crippen LogP contribution in [0.1, 0.15) is 12.0 Å². The number of furan rings is 1. The topological polar surface area (TPSA) is 25.2 Å². The van der Waals surface area contributed by atoms with Gasteiger partial charge >= 0.3 is 0 Å². The Morgan fingerprint density at radius 2 is 2.19 bits per heavy atom. The molecule has 2 nitrogen and oxygen atoms in total. The lowest BCUT2D eigenvalue weighted by Crippen LogP contribution is -2.18. The summed E-state index contributed by atoms with van der Waals surface area (Å²) in [6.45, 7) is 2.31. The highest BCUT2D eigenvalue weighted by molar-refractivity contribution is 5.85. The van der Waals surface area contributed by atoms with Crippen LogP contribution in [0.3, 0.4) is 0 Å². The van der Waals surface area contributed by atoms with Gasteiger partial charge in [0.15, 0.2) is 0 Å².